The molecule has 2 rings (SSSR count). The number of carbonyl (C=O) groups is 2. The zero-order valence-corrected chi connectivity index (χ0v) is 24.7. The van der Waals surface area contributed by atoms with Crippen molar-refractivity contribution in [3.05, 3.63) is 30.0 Å². The van der Waals surface area contributed by atoms with E-state index < -0.39 is 12.2 Å². The average Bonchev–Trinajstić information content (AvgIpc) is 3.35. The van der Waals surface area contributed by atoms with Gasteiger partial charge in [-0.1, -0.05) is 46.6 Å². The molecule has 39 heavy (non-hydrogen) atoms. The van der Waals surface area contributed by atoms with Gasteiger partial charge in [-0.25, -0.2) is 0 Å². The van der Waals surface area contributed by atoms with E-state index in [4.69, 9.17) is 14.6 Å². The summed E-state index contributed by atoms with van der Waals surface area (Å²) < 4.78 is 17.8. The topological polar surface area (TPSA) is 115 Å². The second-order valence-corrected chi connectivity index (χ2v) is 10.2. The highest BCUT2D eigenvalue weighted by Gasteiger charge is 2.29. The number of hydrogen-bond donors (Lipinski definition) is 2. The minimum Gasteiger partial charge on any atom is -0.496 e. The van der Waals surface area contributed by atoms with Gasteiger partial charge in [0, 0.05) is 26.1 Å². The molecule has 10 nitrogen and oxygen atoms in total. The van der Waals surface area contributed by atoms with E-state index in [-0.39, 0.29) is 30.8 Å². The van der Waals surface area contributed by atoms with Gasteiger partial charge in [-0.05, 0) is 36.5 Å². The summed E-state index contributed by atoms with van der Waals surface area (Å²) in [4.78, 5) is 26.9. The number of nitrogens with one attached hydrogen (secondary N) is 1. The van der Waals surface area contributed by atoms with Crippen molar-refractivity contribution < 1.29 is 28.9 Å². The van der Waals surface area contributed by atoms with Crippen LogP contribution in [0.4, 0.5) is 0 Å². The van der Waals surface area contributed by atoms with E-state index in [1.54, 1.807) is 32.2 Å². The van der Waals surface area contributed by atoms with E-state index in [0.29, 0.717) is 36.1 Å². The van der Waals surface area contributed by atoms with Gasteiger partial charge in [0.15, 0.2) is 5.69 Å². The summed E-state index contributed by atoms with van der Waals surface area (Å²) in [7, 11) is 6.23. The van der Waals surface area contributed by atoms with Gasteiger partial charge >= 0.3 is 5.97 Å². The molecule has 1 unspecified atom stereocenters. The highest BCUT2D eigenvalue weighted by molar-refractivity contribution is 5.94. The molecule has 0 bridgehead atoms. The lowest BCUT2D eigenvalue weighted by Crippen LogP contribution is -2.44. The van der Waals surface area contributed by atoms with Crippen LogP contribution in [0.25, 0.3) is 11.3 Å². The number of carbonyl (C=O) groups excluding carboxylic acids is 2. The fourth-order valence-electron chi connectivity index (χ4n) is 4.67. The molecule has 10 heteroatoms. The molecule has 2 N–H and O–H groups in total. The SMILES string of the molecule is CCC(CC)Cn1nc(C(=O)N(C)[C@@H](CC(C)C)CC(O)NCC(=O)OC)cc1-c1c(OC)cccc1OC. The molecule has 0 saturated carbocycles. The first kappa shape index (κ1) is 32.1. The van der Waals surface area contributed by atoms with E-state index in [2.05, 4.69) is 37.7 Å². The van der Waals surface area contributed by atoms with Crippen molar-refractivity contribution in [1.82, 2.24) is 20.0 Å². The predicted octanol–water partition coefficient (Wildman–Crippen LogP) is 3.96. The van der Waals surface area contributed by atoms with Crippen LogP contribution >= 0.6 is 0 Å². The van der Waals surface area contributed by atoms with E-state index in [0.717, 1.165) is 24.1 Å². The largest absolute Gasteiger partial charge is 0.496 e. The maximum absolute atomic E-state index is 13.8. The first-order valence-corrected chi connectivity index (χ1v) is 13.6. The van der Waals surface area contributed by atoms with Crippen molar-refractivity contribution in [2.75, 3.05) is 34.9 Å². The zero-order chi connectivity index (χ0) is 29.1. The summed E-state index contributed by atoms with van der Waals surface area (Å²) in [6, 6.07) is 7.09. The summed E-state index contributed by atoms with van der Waals surface area (Å²) in [6.07, 6.45) is 1.90. The monoisotopic (exact) mass is 546 g/mol. The third-order valence-corrected chi connectivity index (χ3v) is 7.09. The summed E-state index contributed by atoms with van der Waals surface area (Å²) in [5.74, 6) is 1.20. The molecule has 2 atom stereocenters. The summed E-state index contributed by atoms with van der Waals surface area (Å²) in [5, 5.41) is 18.1. The molecule has 0 radical (unpaired) electrons. The molecule has 1 aromatic carbocycles. The summed E-state index contributed by atoms with van der Waals surface area (Å²) in [6.45, 7) is 8.96. The van der Waals surface area contributed by atoms with Crippen LogP contribution in [0.5, 0.6) is 11.5 Å². The number of benzene rings is 1. The van der Waals surface area contributed by atoms with Crippen LogP contribution in [-0.2, 0) is 16.1 Å². The highest BCUT2D eigenvalue weighted by Crippen LogP contribution is 2.39. The fraction of sp³-hybridized carbons (Fsp3) is 0.621. The fourth-order valence-corrected chi connectivity index (χ4v) is 4.67. The molecule has 0 aliphatic carbocycles. The summed E-state index contributed by atoms with van der Waals surface area (Å²) >= 11 is 0. The molecule has 2 aromatic rings. The van der Waals surface area contributed by atoms with Crippen LogP contribution in [0.15, 0.2) is 24.3 Å². The van der Waals surface area contributed by atoms with Crippen molar-refractivity contribution in [3.8, 4) is 22.8 Å². The minimum atomic E-state index is -0.982. The lowest BCUT2D eigenvalue weighted by atomic mass is 9.98. The van der Waals surface area contributed by atoms with Crippen LogP contribution in [0.2, 0.25) is 0 Å². The molecule has 218 valence electrons. The lowest BCUT2D eigenvalue weighted by Gasteiger charge is -2.31. The Hall–Kier alpha value is -3.11. The Labute approximate surface area is 232 Å². The van der Waals surface area contributed by atoms with E-state index in [1.807, 2.05) is 22.9 Å². The van der Waals surface area contributed by atoms with Crippen molar-refractivity contribution in [2.45, 2.75) is 72.2 Å². The number of rotatable bonds is 16. The predicted molar refractivity (Wildman–Crippen MR) is 151 cm³/mol. The van der Waals surface area contributed by atoms with Gasteiger partial charge in [-0.3, -0.25) is 19.6 Å². The average molecular weight is 547 g/mol. The number of aromatic nitrogens is 2. The Morgan fingerprint density at radius 1 is 1.08 bits per heavy atom. The maximum Gasteiger partial charge on any atom is 0.319 e. The highest BCUT2D eigenvalue weighted by atomic mass is 16.5. The van der Waals surface area contributed by atoms with Gasteiger partial charge in [0.1, 0.15) is 17.7 Å². The normalized spacial score (nSPS) is 12.9. The van der Waals surface area contributed by atoms with E-state index in [1.165, 1.54) is 7.11 Å². The van der Waals surface area contributed by atoms with Crippen molar-refractivity contribution in [3.63, 3.8) is 0 Å². The van der Waals surface area contributed by atoms with E-state index >= 15 is 0 Å². The van der Waals surface area contributed by atoms with Crippen LogP contribution in [0.3, 0.4) is 0 Å². The van der Waals surface area contributed by atoms with Crippen LogP contribution in [0.1, 0.15) is 63.9 Å². The molecule has 1 heterocycles. The maximum atomic E-state index is 13.8. The van der Waals surface area contributed by atoms with Gasteiger partial charge in [0.2, 0.25) is 0 Å². The number of esters is 1. The number of aliphatic hydroxyl groups is 1. The van der Waals surface area contributed by atoms with Crippen molar-refractivity contribution in [2.24, 2.45) is 11.8 Å². The third-order valence-electron chi connectivity index (χ3n) is 7.09. The molecule has 1 amide bonds. The quantitative estimate of drug-likeness (QED) is 0.240. The second-order valence-electron chi connectivity index (χ2n) is 10.2. The number of hydrogen-bond acceptors (Lipinski definition) is 8. The standard InChI is InChI=1S/C29H46N4O6/c1-9-20(10-2)18-33-23(28-24(37-6)12-11-13-25(28)38-7)16-22(31-33)29(36)32(5)21(14-19(3)4)15-26(34)30-17-27(35)39-8/h11-13,16,19-21,26,30,34H,9-10,14-15,17-18H2,1-8H3/t21-,26?/m0/s1. The molecule has 1 aromatic heterocycles. The van der Waals surface area contributed by atoms with Crippen LogP contribution < -0.4 is 14.8 Å². The molecule has 0 aliphatic rings. The number of aliphatic hydroxyl groups excluding tert-OH is 1. The van der Waals surface area contributed by atoms with Crippen LogP contribution in [-0.4, -0.2) is 78.9 Å². The molecular formula is C29H46N4O6. The van der Waals surface area contributed by atoms with Crippen molar-refractivity contribution >= 4 is 11.9 Å². The molecule has 0 spiro atoms. The van der Waals surface area contributed by atoms with Gasteiger partial charge in [0.25, 0.3) is 5.91 Å². The molecule has 0 saturated heterocycles. The molecular weight excluding hydrogens is 500 g/mol. The van der Waals surface area contributed by atoms with E-state index in [9.17, 15) is 14.7 Å². The number of ether oxygens (including phenoxy) is 3. The first-order valence-electron chi connectivity index (χ1n) is 13.6. The zero-order valence-electron chi connectivity index (χ0n) is 24.7. The lowest BCUT2D eigenvalue weighted by molar-refractivity contribution is -0.140. The van der Waals surface area contributed by atoms with Gasteiger partial charge < -0.3 is 24.2 Å². The summed E-state index contributed by atoms with van der Waals surface area (Å²) in [5.41, 5.74) is 1.79. The molecule has 0 fully saturated rings. The Kier molecular flexibility index (Phi) is 12.7. The Bertz CT molecular complexity index is 1040. The van der Waals surface area contributed by atoms with Gasteiger partial charge in [0.05, 0.1) is 39.1 Å². The van der Waals surface area contributed by atoms with Crippen LogP contribution in [0, 0.1) is 11.8 Å². The van der Waals surface area contributed by atoms with Gasteiger partial charge in [-0.15, -0.1) is 0 Å². The Balaban J connectivity index is 2.47. The molecule has 0 aliphatic heterocycles. The second kappa shape index (κ2) is 15.5. The van der Waals surface area contributed by atoms with Crippen molar-refractivity contribution in [1.29, 1.82) is 0 Å². The Morgan fingerprint density at radius 3 is 2.21 bits per heavy atom. The Morgan fingerprint density at radius 2 is 1.69 bits per heavy atom. The van der Waals surface area contributed by atoms with Gasteiger partial charge in [-0.2, -0.15) is 5.10 Å². The number of nitrogens with zero attached hydrogens (tertiary/aromatic N) is 3. The third kappa shape index (κ3) is 8.69. The first-order chi connectivity index (χ1) is 18.6. The minimum absolute atomic E-state index is 0.117. The smallest absolute Gasteiger partial charge is 0.319 e. The number of amides is 1. The number of methoxy groups -OCH3 is 3.